The maximum Gasteiger partial charge on any atom is 0.418 e. The lowest BCUT2D eigenvalue weighted by Gasteiger charge is -2.14. The molecule has 2 amide bonds. The van der Waals surface area contributed by atoms with Gasteiger partial charge >= 0.3 is 12.1 Å². The van der Waals surface area contributed by atoms with Gasteiger partial charge in [0.25, 0.3) is 5.91 Å². The minimum atomic E-state index is -4.74. The van der Waals surface area contributed by atoms with E-state index in [-0.39, 0.29) is 17.0 Å². The van der Waals surface area contributed by atoms with Gasteiger partial charge in [-0.1, -0.05) is 11.6 Å². The summed E-state index contributed by atoms with van der Waals surface area (Å²) in [5.74, 6) is -2.39. The Morgan fingerprint density at radius 3 is 2.30 bits per heavy atom. The van der Waals surface area contributed by atoms with Crippen LogP contribution in [0, 0.1) is 11.3 Å². The molecule has 2 N–H and O–H groups in total. The van der Waals surface area contributed by atoms with Gasteiger partial charge in [-0.05, 0) is 42.5 Å². The van der Waals surface area contributed by atoms with Crippen LogP contribution in [-0.2, 0) is 20.5 Å². The molecule has 2 aromatic carbocycles. The molecule has 0 radical (unpaired) electrons. The predicted octanol–water partition coefficient (Wildman–Crippen LogP) is 4.01. The van der Waals surface area contributed by atoms with Gasteiger partial charge in [0, 0.05) is 10.7 Å². The highest BCUT2D eigenvalue weighted by molar-refractivity contribution is 6.30. The second-order valence-corrected chi connectivity index (χ2v) is 6.21. The molecule has 0 unspecified atom stereocenters. The Bertz CT molecular complexity index is 1000. The number of amides is 2. The van der Waals surface area contributed by atoms with Crippen LogP contribution in [0.3, 0.4) is 0 Å². The monoisotopic (exact) mass is 439 g/mol. The number of alkyl halides is 3. The quantitative estimate of drug-likeness (QED) is 0.661. The number of ether oxygens (including phenoxy) is 1. The molecule has 0 aliphatic rings. The minimum absolute atomic E-state index is 0.0450. The molecule has 7 nitrogen and oxygen atoms in total. The lowest BCUT2D eigenvalue weighted by atomic mass is 10.1. The summed E-state index contributed by atoms with van der Waals surface area (Å²) in [5, 5.41) is 12.7. The van der Waals surface area contributed by atoms with Crippen molar-refractivity contribution in [2.75, 3.05) is 17.2 Å². The zero-order valence-electron chi connectivity index (χ0n) is 15.0. The van der Waals surface area contributed by atoms with Crippen LogP contribution in [0.4, 0.5) is 24.5 Å². The highest BCUT2D eigenvalue weighted by atomic mass is 35.5. The number of esters is 1. The fourth-order valence-corrected chi connectivity index (χ4v) is 2.40. The number of hydrogen-bond donors (Lipinski definition) is 2. The van der Waals surface area contributed by atoms with Crippen LogP contribution < -0.4 is 10.6 Å². The maximum absolute atomic E-state index is 13.0. The highest BCUT2D eigenvalue weighted by Crippen LogP contribution is 2.36. The molecule has 0 aliphatic carbocycles. The zero-order valence-corrected chi connectivity index (χ0v) is 15.8. The van der Waals surface area contributed by atoms with Gasteiger partial charge in [-0.25, -0.2) is 4.79 Å². The van der Waals surface area contributed by atoms with E-state index in [2.05, 4.69) is 5.32 Å². The molecule has 156 valence electrons. The van der Waals surface area contributed by atoms with Gasteiger partial charge < -0.3 is 15.4 Å². The summed E-state index contributed by atoms with van der Waals surface area (Å²) in [6, 6.07) is 9.90. The van der Waals surface area contributed by atoms with E-state index in [1.165, 1.54) is 30.3 Å². The minimum Gasteiger partial charge on any atom is -0.452 e. The first-order chi connectivity index (χ1) is 14.1. The van der Waals surface area contributed by atoms with Crippen molar-refractivity contribution < 1.29 is 32.3 Å². The summed E-state index contributed by atoms with van der Waals surface area (Å²) < 4.78 is 43.9. The molecule has 0 spiro atoms. The first-order valence-corrected chi connectivity index (χ1v) is 8.58. The summed E-state index contributed by atoms with van der Waals surface area (Å²) in [6.07, 6.45) is -5.07. The van der Waals surface area contributed by atoms with Gasteiger partial charge in [-0.2, -0.15) is 18.4 Å². The van der Waals surface area contributed by atoms with Crippen LogP contribution in [0.25, 0.3) is 0 Å². The van der Waals surface area contributed by atoms with Crippen LogP contribution in [-0.4, -0.2) is 24.4 Å². The Kier molecular flexibility index (Phi) is 7.38. The summed E-state index contributed by atoms with van der Waals surface area (Å²) in [6.45, 7) is -0.820. The SMILES string of the molecule is N#CCC(=O)Nc1ccc(C(=O)OCC(=O)Nc2ccc(Cl)cc2C(F)(F)F)cc1. The number of nitrogens with zero attached hydrogens (tertiary/aromatic N) is 1. The number of benzene rings is 2. The molecule has 0 saturated heterocycles. The van der Waals surface area contributed by atoms with E-state index < -0.39 is 41.8 Å². The fraction of sp³-hybridized carbons (Fsp3) is 0.158. The number of carbonyl (C=O) groups is 3. The van der Waals surface area contributed by atoms with Crippen molar-refractivity contribution in [1.29, 1.82) is 5.26 Å². The fourth-order valence-electron chi connectivity index (χ4n) is 2.23. The number of rotatable bonds is 6. The molecule has 0 fully saturated rings. The molecule has 0 bridgehead atoms. The average Bonchev–Trinajstić information content (AvgIpc) is 2.67. The third-order valence-corrected chi connectivity index (χ3v) is 3.77. The number of halogens is 4. The van der Waals surface area contributed by atoms with Crippen molar-refractivity contribution in [1.82, 2.24) is 0 Å². The van der Waals surface area contributed by atoms with Crippen molar-refractivity contribution >= 4 is 40.8 Å². The molecule has 0 saturated carbocycles. The smallest absolute Gasteiger partial charge is 0.418 e. The number of anilines is 2. The molecule has 2 rings (SSSR count). The molecular weight excluding hydrogens is 427 g/mol. The van der Waals surface area contributed by atoms with E-state index in [0.29, 0.717) is 11.8 Å². The largest absolute Gasteiger partial charge is 0.452 e. The predicted molar refractivity (Wildman–Crippen MR) is 101 cm³/mol. The maximum atomic E-state index is 13.0. The third-order valence-electron chi connectivity index (χ3n) is 3.54. The average molecular weight is 440 g/mol. The van der Waals surface area contributed by atoms with Gasteiger partial charge in [0.2, 0.25) is 5.91 Å². The van der Waals surface area contributed by atoms with E-state index >= 15 is 0 Å². The van der Waals surface area contributed by atoms with Gasteiger partial charge in [0.05, 0.1) is 22.9 Å². The Morgan fingerprint density at radius 1 is 1.03 bits per heavy atom. The third kappa shape index (κ3) is 6.49. The molecule has 2 aromatic rings. The van der Waals surface area contributed by atoms with Gasteiger partial charge in [-0.3, -0.25) is 9.59 Å². The van der Waals surface area contributed by atoms with Crippen molar-refractivity contribution in [2.24, 2.45) is 0 Å². The number of nitriles is 1. The second kappa shape index (κ2) is 9.76. The van der Waals surface area contributed by atoms with Crippen LogP contribution >= 0.6 is 11.6 Å². The highest BCUT2D eigenvalue weighted by Gasteiger charge is 2.34. The van der Waals surface area contributed by atoms with E-state index in [0.717, 1.165) is 6.07 Å². The van der Waals surface area contributed by atoms with Gasteiger partial charge in [0.1, 0.15) is 6.42 Å². The van der Waals surface area contributed by atoms with Gasteiger partial charge in [-0.15, -0.1) is 0 Å². The topological polar surface area (TPSA) is 108 Å². The van der Waals surface area contributed by atoms with E-state index in [9.17, 15) is 27.6 Å². The summed E-state index contributed by atoms with van der Waals surface area (Å²) in [7, 11) is 0. The lowest BCUT2D eigenvalue weighted by Crippen LogP contribution is -2.22. The Labute approximate surface area is 173 Å². The number of hydrogen-bond acceptors (Lipinski definition) is 5. The number of nitrogens with one attached hydrogen (secondary N) is 2. The Balaban J connectivity index is 1.95. The molecular formula is C19H13ClF3N3O4. The molecule has 0 atom stereocenters. The summed E-state index contributed by atoms with van der Waals surface area (Å²) >= 11 is 5.57. The van der Waals surface area contributed by atoms with Crippen molar-refractivity contribution in [3.8, 4) is 6.07 Å². The van der Waals surface area contributed by atoms with Crippen LogP contribution in [0.1, 0.15) is 22.3 Å². The zero-order chi connectivity index (χ0) is 22.3. The molecule has 0 heterocycles. The van der Waals surface area contributed by atoms with Gasteiger partial charge in [0.15, 0.2) is 6.61 Å². The van der Waals surface area contributed by atoms with Crippen LogP contribution in [0.2, 0.25) is 5.02 Å². The molecule has 11 heteroatoms. The molecule has 0 aromatic heterocycles. The van der Waals surface area contributed by atoms with E-state index in [1.807, 2.05) is 5.32 Å². The van der Waals surface area contributed by atoms with Crippen LogP contribution in [0.15, 0.2) is 42.5 Å². The Morgan fingerprint density at radius 2 is 1.70 bits per heavy atom. The van der Waals surface area contributed by atoms with Crippen LogP contribution in [0.5, 0.6) is 0 Å². The first-order valence-electron chi connectivity index (χ1n) is 8.20. The van der Waals surface area contributed by atoms with Crippen molar-refractivity contribution in [2.45, 2.75) is 12.6 Å². The molecule has 0 aliphatic heterocycles. The lowest BCUT2D eigenvalue weighted by molar-refractivity contribution is -0.137. The first kappa shape index (κ1) is 22.7. The molecule has 30 heavy (non-hydrogen) atoms. The van der Waals surface area contributed by atoms with E-state index in [1.54, 1.807) is 6.07 Å². The standard InChI is InChI=1S/C19H13ClF3N3O4/c20-12-3-6-15(14(9-12)19(21,22)23)26-17(28)10-30-18(29)11-1-4-13(5-2-11)25-16(27)7-8-24/h1-6,9H,7,10H2,(H,25,27)(H,26,28). The summed E-state index contributed by atoms with van der Waals surface area (Å²) in [5.41, 5.74) is -1.27. The Hall–Kier alpha value is -3.58. The second-order valence-electron chi connectivity index (χ2n) is 5.77. The number of carbonyl (C=O) groups excluding carboxylic acids is 3. The summed E-state index contributed by atoms with van der Waals surface area (Å²) in [4.78, 5) is 35.2. The van der Waals surface area contributed by atoms with Crippen molar-refractivity contribution in [3.63, 3.8) is 0 Å². The van der Waals surface area contributed by atoms with E-state index in [4.69, 9.17) is 21.6 Å². The van der Waals surface area contributed by atoms with Crippen molar-refractivity contribution in [3.05, 3.63) is 58.6 Å². The normalized spacial score (nSPS) is 10.6.